The molecule has 0 saturated heterocycles. The molecule has 2 heterocycles. The summed E-state index contributed by atoms with van der Waals surface area (Å²) in [6.07, 6.45) is 5.15. The molecule has 0 fully saturated rings. The highest BCUT2D eigenvalue weighted by Gasteiger charge is 2.03. The zero-order valence-electron chi connectivity index (χ0n) is 7.59. The molecule has 0 atom stereocenters. The second kappa shape index (κ2) is 3.98. The Balaban J connectivity index is 2.51. The molecule has 2 aromatic rings. The van der Waals surface area contributed by atoms with Crippen LogP contribution in [0.4, 0.5) is 0 Å². The minimum Gasteiger partial charge on any atom is -0.390 e. The third-order valence-corrected chi connectivity index (χ3v) is 2.01. The maximum atomic E-state index is 9.10. The number of nitrogens with zero attached hydrogens (tertiary/aromatic N) is 2. The molecule has 3 nitrogen and oxygen atoms in total. The Morgan fingerprint density at radius 1 is 1.14 bits per heavy atom. The lowest BCUT2D eigenvalue weighted by molar-refractivity contribution is 0.277. The quantitative estimate of drug-likeness (QED) is 0.775. The number of aromatic nitrogens is 2. The van der Waals surface area contributed by atoms with Crippen molar-refractivity contribution in [1.82, 2.24) is 9.97 Å². The first-order valence-electron chi connectivity index (χ1n) is 4.37. The van der Waals surface area contributed by atoms with Crippen molar-refractivity contribution in [3.63, 3.8) is 0 Å². The van der Waals surface area contributed by atoms with Crippen LogP contribution < -0.4 is 0 Å². The molecule has 0 aliphatic rings. The lowest BCUT2D eigenvalue weighted by atomic mass is 10.1. The van der Waals surface area contributed by atoms with Crippen molar-refractivity contribution in [2.24, 2.45) is 0 Å². The first-order chi connectivity index (χ1) is 6.92. The van der Waals surface area contributed by atoms with Gasteiger partial charge in [0.15, 0.2) is 0 Å². The van der Waals surface area contributed by atoms with E-state index in [0.717, 1.165) is 11.1 Å². The van der Waals surface area contributed by atoms with Gasteiger partial charge in [-0.1, -0.05) is 12.1 Å². The molecular formula is C11H10N2O. The molecule has 2 aromatic heterocycles. The van der Waals surface area contributed by atoms with Gasteiger partial charge in [-0.2, -0.15) is 0 Å². The van der Waals surface area contributed by atoms with E-state index in [1.54, 1.807) is 18.6 Å². The van der Waals surface area contributed by atoms with Crippen LogP contribution in [0, 0.1) is 0 Å². The Morgan fingerprint density at radius 2 is 2.00 bits per heavy atom. The van der Waals surface area contributed by atoms with Crippen LogP contribution in [-0.2, 0) is 6.61 Å². The summed E-state index contributed by atoms with van der Waals surface area (Å²) in [6.45, 7) is -0.0505. The predicted molar refractivity (Wildman–Crippen MR) is 53.4 cm³/mol. The van der Waals surface area contributed by atoms with Crippen LogP contribution in [0.3, 0.4) is 0 Å². The largest absolute Gasteiger partial charge is 0.390 e. The molecule has 0 spiro atoms. The third-order valence-electron chi connectivity index (χ3n) is 2.01. The standard InChI is InChI=1S/C11H10N2O/c14-8-11-10(4-2-6-13-11)9-3-1-5-12-7-9/h1-7,14H,8H2. The van der Waals surface area contributed by atoms with Crippen LogP contribution in [0.15, 0.2) is 42.9 Å². The number of aliphatic hydroxyl groups excluding tert-OH is 1. The van der Waals surface area contributed by atoms with Crippen LogP contribution in [0.2, 0.25) is 0 Å². The summed E-state index contributed by atoms with van der Waals surface area (Å²) in [5.41, 5.74) is 2.59. The van der Waals surface area contributed by atoms with Gasteiger partial charge in [-0.05, 0) is 12.1 Å². The zero-order valence-corrected chi connectivity index (χ0v) is 7.59. The van der Waals surface area contributed by atoms with E-state index in [4.69, 9.17) is 5.11 Å². The normalized spacial score (nSPS) is 10.1. The first-order valence-corrected chi connectivity index (χ1v) is 4.37. The van der Waals surface area contributed by atoms with Gasteiger partial charge in [0.05, 0.1) is 12.3 Å². The summed E-state index contributed by atoms with van der Waals surface area (Å²) < 4.78 is 0. The van der Waals surface area contributed by atoms with Crippen molar-refractivity contribution < 1.29 is 5.11 Å². The second-order valence-electron chi connectivity index (χ2n) is 2.90. The molecule has 3 heteroatoms. The molecule has 14 heavy (non-hydrogen) atoms. The lowest BCUT2D eigenvalue weighted by Gasteiger charge is -2.04. The maximum absolute atomic E-state index is 9.10. The monoisotopic (exact) mass is 186 g/mol. The molecule has 0 radical (unpaired) electrons. The van der Waals surface area contributed by atoms with Crippen LogP contribution >= 0.6 is 0 Å². The zero-order chi connectivity index (χ0) is 9.80. The fraction of sp³-hybridized carbons (Fsp3) is 0.0909. The molecule has 0 aliphatic heterocycles. The van der Waals surface area contributed by atoms with E-state index < -0.39 is 0 Å². The SMILES string of the molecule is OCc1ncccc1-c1cccnc1. The summed E-state index contributed by atoms with van der Waals surface area (Å²) in [6, 6.07) is 7.59. The number of pyridine rings is 2. The topological polar surface area (TPSA) is 46.0 Å². The maximum Gasteiger partial charge on any atom is 0.0859 e. The average molecular weight is 186 g/mol. The molecule has 0 saturated carbocycles. The molecule has 2 rings (SSSR count). The van der Waals surface area contributed by atoms with E-state index in [2.05, 4.69) is 9.97 Å². The highest BCUT2D eigenvalue weighted by Crippen LogP contribution is 2.20. The average Bonchev–Trinajstić information content (AvgIpc) is 2.30. The number of rotatable bonds is 2. The van der Waals surface area contributed by atoms with Gasteiger partial charge in [0.1, 0.15) is 0 Å². The van der Waals surface area contributed by atoms with Crippen LogP contribution in [-0.4, -0.2) is 15.1 Å². The smallest absolute Gasteiger partial charge is 0.0859 e. The van der Waals surface area contributed by atoms with Gasteiger partial charge in [-0.15, -0.1) is 0 Å². The predicted octanol–water partition coefficient (Wildman–Crippen LogP) is 1.64. The first kappa shape index (κ1) is 8.84. The molecular weight excluding hydrogens is 176 g/mol. The Bertz CT molecular complexity index is 415. The Labute approximate surface area is 82.1 Å². The van der Waals surface area contributed by atoms with Crippen molar-refractivity contribution in [3.8, 4) is 11.1 Å². The number of hydrogen-bond acceptors (Lipinski definition) is 3. The molecule has 0 aliphatic carbocycles. The summed E-state index contributed by atoms with van der Waals surface area (Å²) in [5, 5.41) is 9.10. The van der Waals surface area contributed by atoms with Crippen molar-refractivity contribution in [3.05, 3.63) is 48.5 Å². The van der Waals surface area contributed by atoms with Crippen LogP contribution in [0.25, 0.3) is 11.1 Å². The van der Waals surface area contributed by atoms with Crippen molar-refractivity contribution in [2.75, 3.05) is 0 Å². The fourth-order valence-corrected chi connectivity index (χ4v) is 1.35. The molecule has 1 N–H and O–H groups in total. The highest BCUT2D eigenvalue weighted by molar-refractivity contribution is 5.64. The van der Waals surface area contributed by atoms with Gasteiger partial charge in [-0.25, -0.2) is 0 Å². The van der Waals surface area contributed by atoms with Crippen LogP contribution in [0.1, 0.15) is 5.69 Å². The second-order valence-corrected chi connectivity index (χ2v) is 2.90. The van der Waals surface area contributed by atoms with Crippen molar-refractivity contribution >= 4 is 0 Å². The summed E-state index contributed by atoms with van der Waals surface area (Å²) >= 11 is 0. The third kappa shape index (κ3) is 1.63. The Kier molecular flexibility index (Phi) is 2.51. The van der Waals surface area contributed by atoms with Gasteiger partial charge in [0.25, 0.3) is 0 Å². The van der Waals surface area contributed by atoms with E-state index >= 15 is 0 Å². The summed E-state index contributed by atoms with van der Waals surface area (Å²) in [5.74, 6) is 0. The van der Waals surface area contributed by atoms with Crippen molar-refractivity contribution in [1.29, 1.82) is 0 Å². The molecule has 0 aromatic carbocycles. The van der Waals surface area contributed by atoms with E-state index in [0.29, 0.717) is 5.69 Å². The van der Waals surface area contributed by atoms with Gasteiger partial charge in [0.2, 0.25) is 0 Å². The lowest BCUT2D eigenvalue weighted by Crippen LogP contribution is -1.92. The fourth-order valence-electron chi connectivity index (χ4n) is 1.35. The Morgan fingerprint density at radius 3 is 2.71 bits per heavy atom. The summed E-state index contributed by atoms with van der Waals surface area (Å²) in [7, 11) is 0. The van der Waals surface area contributed by atoms with Gasteiger partial charge >= 0.3 is 0 Å². The molecule has 70 valence electrons. The van der Waals surface area contributed by atoms with Crippen molar-refractivity contribution in [2.45, 2.75) is 6.61 Å². The molecule has 0 unspecified atom stereocenters. The van der Waals surface area contributed by atoms with Gasteiger partial charge in [0, 0.05) is 29.7 Å². The van der Waals surface area contributed by atoms with Gasteiger partial charge < -0.3 is 5.11 Å². The molecule has 0 amide bonds. The summed E-state index contributed by atoms with van der Waals surface area (Å²) in [4.78, 5) is 8.12. The van der Waals surface area contributed by atoms with E-state index in [9.17, 15) is 0 Å². The highest BCUT2D eigenvalue weighted by atomic mass is 16.3. The number of aliphatic hydroxyl groups is 1. The van der Waals surface area contributed by atoms with E-state index in [1.165, 1.54) is 0 Å². The van der Waals surface area contributed by atoms with Gasteiger partial charge in [-0.3, -0.25) is 9.97 Å². The minimum absolute atomic E-state index is 0.0505. The van der Waals surface area contributed by atoms with E-state index in [1.807, 2.05) is 24.3 Å². The molecule has 0 bridgehead atoms. The van der Waals surface area contributed by atoms with Crippen LogP contribution in [0.5, 0.6) is 0 Å². The minimum atomic E-state index is -0.0505. The Hall–Kier alpha value is -1.74. The number of hydrogen-bond donors (Lipinski definition) is 1. The van der Waals surface area contributed by atoms with E-state index in [-0.39, 0.29) is 6.61 Å².